The zero-order chi connectivity index (χ0) is 14.7. The van der Waals surface area contributed by atoms with Gasteiger partial charge in [-0.1, -0.05) is 25.4 Å². The number of ketones is 1. The van der Waals surface area contributed by atoms with Crippen molar-refractivity contribution >= 4 is 17.4 Å². The van der Waals surface area contributed by atoms with Gasteiger partial charge in [0, 0.05) is 23.7 Å². The maximum Gasteiger partial charge on any atom is 0.222 e. The van der Waals surface area contributed by atoms with E-state index in [1.165, 1.54) is 6.92 Å². The van der Waals surface area contributed by atoms with Crippen LogP contribution in [0.1, 0.15) is 42.9 Å². The van der Waals surface area contributed by atoms with E-state index in [1.807, 2.05) is 13.8 Å². The second-order valence-corrected chi connectivity index (χ2v) is 5.12. The summed E-state index contributed by atoms with van der Waals surface area (Å²) < 4.78 is 5.64. The summed E-state index contributed by atoms with van der Waals surface area (Å²) in [5, 5.41) is 0.377. The Kier molecular flexibility index (Phi) is 4.35. The lowest BCUT2D eigenvalue weighted by atomic mass is 10.1. The Balaban J connectivity index is 2.26. The lowest BCUT2D eigenvalue weighted by molar-refractivity contribution is 0.101. The van der Waals surface area contributed by atoms with Crippen LogP contribution in [0.2, 0.25) is 5.02 Å². The number of hydrogen-bond acceptors (Lipinski definition) is 4. The first-order valence-electron chi connectivity index (χ1n) is 6.28. The second-order valence-electron chi connectivity index (χ2n) is 4.71. The summed E-state index contributed by atoms with van der Waals surface area (Å²) in [5.74, 6) is 1.78. The van der Waals surface area contributed by atoms with Crippen molar-refractivity contribution in [3.8, 4) is 11.6 Å². The van der Waals surface area contributed by atoms with Crippen molar-refractivity contribution in [1.29, 1.82) is 0 Å². The molecular formula is C15H15ClN2O2. The zero-order valence-corrected chi connectivity index (χ0v) is 12.3. The van der Waals surface area contributed by atoms with E-state index in [0.717, 1.165) is 0 Å². The lowest BCUT2D eigenvalue weighted by Gasteiger charge is -2.09. The van der Waals surface area contributed by atoms with E-state index in [-0.39, 0.29) is 11.7 Å². The van der Waals surface area contributed by atoms with Crippen molar-refractivity contribution in [3.05, 3.63) is 46.9 Å². The standard InChI is InChI=1S/C15H15ClN2O2/c1-9(2)15-17-7-6-14(18-15)20-13-5-4-11(10(3)19)8-12(13)16/h4-9H,1-3H3. The third-order valence-electron chi connectivity index (χ3n) is 2.72. The van der Waals surface area contributed by atoms with Crippen LogP contribution in [0, 0.1) is 0 Å². The molecule has 0 N–H and O–H groups in total. The Morgan fingerprint density at radius 2 is 2.05 bits per heavy atom. The topological polar surface area (TPSA) is 52.1 Å². The van der Waals surface area contributed by atoms with Gasteiger partial charge < -0.3 is 4.74 Å². The van der Waals surface area contributed by atoms with Crippen molar-refractivity contribution in [2.75, 3.05) is 0 Å². The normalized spacial score (nSPS) is 10.7. The highest BCUT2D eigenvalue weighted by Crippen LogP contribution is 2.29. The monoisotopic (exact) mass is 290 g/mol. The van der Waals surface area contributed by atoms with Crippen LogP contribution in [0.25, 0.3) is 0 Å². The third-order valence-corrected chi connectivity index (χ3v) is 3.01. The Morgan fingerprint density at radius 3 is 2.65 bits per heavy atom. The van der Waals surface area contributed by atoms with Crippen molar-refractivity contribution in [2.45, 2.75) is 26.7 Å². The molecule has 0 saturated carbocycles. The Morgan fingerprint density at radius 1 is 1.30 bits per heavy atom. The number of nitrogens with zero attached hydrogens (tertiary/aromatic N) is 2. The molecule has 20 heavy (non-hydrogen) atoms. The molecule has 0 aliphatic heterocycles. The number of carbonyl (C=O) groups excluding carboxylic acids is 1. The van der Waals surface area contributed by atoms with Crippen molar-refractivity contribution in [2.24, 2.45) is 0 Å². The summed E-state index contributed by atoms with van der Waals surface area (Å²) in [6, 6.07) is 6.59. The molecule has 2 aromatic rings. The number of halogens is 1. The van der Waals surface area contributed by atoms with Crippen LogP contribution in [0.5, 0.6) is 11.6 Å². The first kappa shape index (κ1) is 14.5. The minimum absolute atomic E-state index is 0.0393. The van der Waals surface area contributed by atoms with Gasteiger partial charge in [0.2, 0.25) is 5.88 Å². The van der Waals surface area contributed by atoms with Gasteiger partial charge in [-0.3, -0.25) is 4.79 Å². The van der Waals surface area contributed by atoms with E-state index in [4.69, 9.17) is 16.3 Å². The number of ether oxygens (including phenoxy) is 1. The van der Waals surface area contributed by atoms with Crippen LogP contribution in [-0.4, -0.2) is 15.8 Å². The van der Waals surface area contributed by atoms with Gasteiger partial charge in [0.05, 0.1) is 5.02 Å². The summed E-state index contributed by atoms with van der Waals surface area (Å²) in [5.41, 5.74) is 0.549. The van der Waals surface area contributed by atoms with E-state index in [0.29, 0.717) is 28.0 Å². The Bertz CT molecular complexity index is 642. The van der Waals surface area contributed by atoms with Crippen LogP contribution >= 0.6 is 11.6 Å². The first-order chi connectivity index (χ1) is 9.47. The fraction of sp³-hybridized carbons (Fsp3) is 0.267. The SMILES string of the molecule is CC(=O)c1ccc(Oc2ccnc(C(C)C)n2)c(Cl)c1. The van der Waals surface area contributed by atoms with Gasteiger partial charge in [0.25, 0.3) is 0 Å². The van der Waals surface area contributed by atoms with E-state index in [9.17, 15) is 4.79 Å². The summed E-state index contributed by atoms with van der Waals surface area (Å²) in [4.78, 5) is 19.7. The minimum Gasteiger partial charge on any atom is -0.437 e. The van der Waals surface area contributed by atoms with Crippen molar-refractivity contribution in [3.63, 3.8) is 0 Å². The molecule has 0 spiro atoms. The molecule has 104 valence electrons. The van der Waals surface area contributed by atoms with Crippen LogP contribution in [0.4, 0.5) is 0 Å². The zero-order valence-electron chi connectivity index (χ0n) is 11.6. The second kappa shape index (κ2) is 6.01. The molecule has 0 unspecified atom stereocenters. The lowest BCUT2D eigenvalue weighted by Crippen LogP contribution is -1.99. The van der Waals surface area contributed by atoms with Crippen LogP contribution in [0.3, 0.4) is 0 Å². The molecule has 0 bridgehead atoms. The molecule has 0 aliphatic carbocycles. The van der Waals surface area contributed by atoms with Crippen LogP contribution < -0.4 is 4.74 Å². The van der Waals surface area contributed by atoms with E-state index < -0.39 is 0 Å². The molecule has 0 aliphatic rings. The highest BCUT2D eigenvalue weighted by molar-refractivity contribution is 6.32. The quantitative estimate of drug-likeness (QED) is 0.790. The number of carbonyl (C=O) groups is 1. The summed E-state index contributed by atoms with van der Waals surface area (Å²) in [7, 11) is 0. The largest absolute Gasteiger partial charge is 0.437 e. The number of aromatic nitrogens is 2. The highest BCUT2D eigenvalue weighted by atomic mass is 35.5. The highest BCUT2D eigenvalue weighted by Gasteiger charge is 2.09. The van der Waals surface area contributed by atoms with E-state index in [1.54, 1.807) is 30.5 Å². The van der Waals surface area contributed by atoms with Gasteiger partial charge in [-0.25, -0.2) is 4.98 Å². The Hall–Kier alpha value is -1.94. The molecule has 0 saturated heterocycles. The molecule has 1 aromatic carbocycles. The maximum absolute atomic E-state index is 11.3. The third kappa shape index (κ3) is 3.33. The number of benzene rings is 1. The molecule has 0 radical (unpaired) electrons. The van der Waals surface area contributed by atoms with Gasteiger partial charge in [-0.2, -0.15) is 4.98 Å². The summed E-state index contributed by atoms with van der Waals surface area (Å²) in [6.07, 6.45) is 1.65. The van der Waals surface area contributed by atoms with Gasteiger partial charge in [-0.05, 0) is 25.1 Å². The molecule has 0 atom stereocenters. The Labute approximate surface area is 122 Å². The molecule has 4 nitrogen and oxygen atoms in total. The molecule has 1 aromatic heterocycles. The van der Waals surface area contributed by atoms with E-state index >= 15 is 0 Å². The van der Waals surface area contributed by atoms with Crippen LogP contribution in [-0.2, 0) is 0 Å². The molecule has 0 amide bonds. The summed E-state index contributed by atoms with van der Waals surface area (Å²) in [6.45, 7) is 5.51. The number of rotatable bonds is 4. The predicted molar refractivity (Wildman–Crippen MR) is 77.7 cm³/mol. The first-order valence-corrected chi connectivity index (χ1v) is 6.66. The van der Waals surface area contributed by atoms with Gasteiger partial charge in [0.1, 0.15) is 11.6 Å². The minimum atomic E-state index is -0.0393. The van der Waals surface area contributed by atoms with Crippen molar-refractivity contribution < 1.29 is 9.53 Å². The number of hydrogen-bond donors (Lipinski definition) is 0. The smallest absolute Gasteiger partial charge is 0.222 e. The molecular weight excluding hydrogens is 276 g/mol. The van der Waals surface area contributed by atoms with Crippen LogP contribution in [0.15, 0.2) is 30.5 Å². The number of Topliss-reactive ketones (excluding diaryl/α,β-unsaturated/α-hetero) is 1. The van der Waals surface area contributed by atoms with Gasteiger partial charge >= 0.3 is 0 Å². The van der Waals surface area contributed by atoms with E-state index in [2.05, 4.69) is 9.97 Å². The molecule has 2 rings (SSSR count). The summed E-state index contributed by atoms with van der Waals surface area (Å²) >= 11 is 6.11. The predicted octanol–water partition coefficient (Wildman–Crippen LogP) is 4.25. The van der Waals surface area contributed by atoms with Gasteiger partial charge in [-0.15, -0.1) is 0 Å². The fourth-order valence-electron chi connectivity index (χ4n) is 1.61. The molecule has 1 heterocycles. The average Bonchev–Trinajstić information content (AvgIpc) is 2.41. The molecule has 0 fully saturated rings. The van der Waals surface area contributed by atoms with Crippen molar-refractivity contribution in [1.82, 2.24) is 9.97 Å². The average molecular weight is 291 g/mol. The van der Waals surface area contributed by atoms with Gasteiger partial charge in [0.15, 0.2) is 5.78 Å². The maximum atomic E-state index is 11.3. The fourth-order valence-corrected chi connectivity index (χ4v) is 1.83. The molecule has 5 heteroatoms.